The summed E-state index contributed by atoms with van der Waals surface area (Å²) in [5.41, 5.74) is 0.755. The normalized spacial score (nSPS) is 16.3. The number of aryl methyl sites for hydroxylation is 1. The van der Waals surface area contributed by atoms with Gasteiger partial charge < -0.3 is 5.32 Å². The highest BCUT2D eigenvalue weighted by molar-refractivity contribution is 8.00. The Morgan fingerprint density at radius 1 is 1.36 bits per heavy atom. The number of fused-ring (bicyclic) bond motifs is 3. The smallest absolute Gasteiger partial charge is 0.321 e. The molecule has 1 aliphatic carbocycles. The van der Waals surface area contributed by atoms with Gasteiger partial charge in [-0.1, -0.05) is 30.8 Å². The van der Waals surface area contributed by atoms with Gasteiger partial charge in [0.1, 0.15) is 10.6 Å². The van der Waals surface area contributed by atoms with E-state index in [1.54, 1.807) is 26.0 Å². The molecule has 1 aliphatic rings. The number of hydrogen-bond acceptors (Lipinski definition) is 6. The number of urea groups is 1. The maximum atomic E-state index is 14.8. The summed E-state index contributed by atoms with van der Waals surface area (Å²) in [5, 5.41) is 4.78. The monoisotopic (exact) mass is 488 g/mol. The highest BCUT2D eigenvalue weighted by Crippen LogP contribution is 2.37. The van der Waals surface area contributed by atoms with Crippen molar-refractivity contribution in [1.82, 2.24) is 20.2 Å². The van der Waals surface area contributed by atoms with Gasteiger partial charge in [0, 0.05) is 11.4 Å². The number of thioether (sulfide) groups is 1. The number of benzene rings is 1. The van der Waals surface area contributed by atoms with Gasteiger partial charge >= 0.3 is 6.03 Å². The Labute approximate surface area is 198 Å². The van der Waals surface area contributed by atoms with Crippen LogP contribution in [0.2, 0.25) is 0 Å². The quantitative estimate of drug-likeness (QED) is 0.418. The van der Waals surface area contributed by atoms with Gasteiger partial charge in [-0.15, -0.1) is 11.3 Å². The van der Waals surface area contributed by atoms with E-state index in [0.717, 1.165) is 41.5 Å². The Kier molecular flexibility index (Phi) is 6.85. The number of thiophene rings is 1. The molecule has 33 heavy (non-hydrogen) atoms. The average Bonchev–Trinajstić information content (AvgIpc) is 3.12. The van der Waals surface area contributed by atoms with Crippen LogP contribution in [0.25, 0.3) is 15.9 Å². The number of rotatable bonds is 5. The fourth-order valence-corrected chi connectivity index (χ4v) is 6.27. The minimum atomic E-state index is -0.746. The van der Waals surface area contributed by atoms with Crippen LogP contribution in [0.1, 0.15) is 37.6 Å². The molecule has 3 amide bonds. The van der Waals surface area contributed by atoms with Crippen molar-refractivity contribution in [2.24, 2.45) is 5.92 Å². The first-order valence-corrected chi connectivity index (χ1v) is 12.6. The second-order valence-electron chi connectivity index (χ2n) is 8.13. The first-order valence-electron chi connectivity index (χ1n) is 10.9. The average molecular weight is 489 g/mol. The predicted octanol–water partition coefficient (Wildman–Crippen LogP) is 4.04. The van der Waals surface area contributed by atoms with Gasteiger partial charge in [0.05, 0.1) is 16.3 Å². The minimum Gasteiger partial charge on any atom is -0.338 e. The summed E-state index contributed by atoms with van der Waals surface area (Å²) in [6.07, 6.45) is 2.68. The van der Waals surface area contributed by atoms with Crippen LogP contribution in [0.3, 0.4) is 0 Å². The van der Waals surface area contributed by atoms with E-state index in [-0.39, 0.29) is 16.4 Å². The zero-order valence-electron chi connectivity index (χ0n) is 18.6. The molecule has 0 saturated heterocycles. The van der Waals surface area contributed by atoms with Crippen LogP contribution in [0.4, 0.5) is 9.18 Å². The Bertz CT molecular complexity index is 1290. The highest BCUT2D eigenvalue weighted by atomic mass is 32.2. The molecule has 7 nitrogen and oxygen atoms in total. The van der Waals surface area contributed by atoms with Crippen molar-refractivity contribution in [3.63, 3.8) is 0 Å². The van der Waals surface area contributed by atoms with E-state index < -0.39 is 23.0 Å². The standard InChI is InChI=1S/C23H25FN4O3S2/c1-4-25-22(31)26-19(29)13(3)32-23-27-20-18(14-10-9-12(2)11-17(14)33-20)21(30)28(23)16-8-6-5-7-15(16)24/h5-8,12-13H,4,9-11H2,1-3H3,(H2,25,26,29,31). The molecule has 0 spiro atoms. The van der Waals surface area contributed by atoms with Crippen LogP contribution in [-0.2, 0) is 17.6 Å². The van der Waals surface area contributed by atoms with Crippen molar-refractivity contribution in [2.45, 2.75) is 50.4 Å². The largest absolute Gasteiger partial charge is 0.338 e. The molecule has 3 aromatic rings. The van der Waals surface area contributed by atoms with Crippen molar-refractivity contribution in [3.8, 4) is 5.69 Å². The molecule has 10 heteroatoms. The number of hydrogen-bond donors (Lipinski definition) is 2. The van der Waals surface area contributed by atoms with Crippen molar-refractivity contribution in [3.05, 3.63) is 50.9 Å². The molecule has 0 saturated carbocycles. The predicted molar refractivity (Wildman–Crippen MR) is 129 cm³/mol. The SMILES string of the molecule is CCNC(=O)NC(=O)C(C)Sc1nc2sc3c(c2c(=O)n1-c1ccccc1F)CCC(C)C3. The molecule has 2 heterocycles. The number of imide groups is 1. The summed E-state index contributed by atoms with van der Waals surface area (Å²) in [5.74, 6) is -0.550. The third-order valence-corrected chi connectivity index (χ3v) is 7.82. The fraction of sp³-hybridized carbons (Fsp3) is 0.391. The maximum Gasteiger partial charge on any atom is 0.321 e. The van der Waals surface area contributed by atoms with Crippen LogP contribution < -0.4 is 16.2 Å². The second kappa shape index (κ2) is 9.64. The molecule has 2 unspecified atom stereocenters. The zero-order chi connectivity index (χ0) is 23.7. The number of para-hydroxylation sites is 1. The van der Waals surface area contributed by atoms with E-state index in [9.17, 15) is 18.8 Å². The molecule has 4 rings (SSSR count). The van der Waals surface area contributed by atoms with Gasteiger partial charge in [0.2, 0.25) is 5.91 Å². The maximum absolute atomic E-state index is 14.8. The number of amides is 3. The third-order valence-electron chi connectivity index (χ3n) is 5.62. The topological polar surface area (TPSA) is 93.1 Å². The lowest BCUT2D eigenvalue weighted by Gasteiger charge is -2.18. The molecule has 0 bridgehead atoms. The molecule has 2 N–H and O–H groups in total. The lowest BCUT2D eigenvalue weighted by atomic mass is 9.89. The van der Waals surface area contributed by atoms with Gasteiger partial charge in [-0.2, -0.15) is 0 Å². The summed E-state index contributed by atoms with van der Waals surface area (Å²) in [4.78, 5) is 44.4. The van der Waals surface area contributed by atoms with Crippen LogP contribution in [0, 0.1) is 11.7 Å². The molecule has 1 aromatic carbocycles. The Morgan fingerprint density at radius 3 is 2.85 bits per heavy atom. The molecule has 0 aliphatic heterocycles. The van der Waals surface area contributed by atoms with Gasteiger partial charge in [-0.25, -0.2) is 14.2 Å². The highest BCUT2D eigenvalue weighted by Gasteiger charge is 2.27. The first kappa shape index (κ1) is 23.4. The number of carbonyl (C=O) groups is 2. The van der Waals surface area contributed by atoms with E-state index in [0.29, 0.717) is 22.7 Å². The summed E-state index contributed by atoms with van der Waals surface area (Å²) in [6.45, 7) is 5.93. The van der Waals surface area contributed by atoms with Gasteiger partial charge in [0.25, 0.3) is 5.56 Å². The Balaban J connectivity index is 1.82. The molecule has 174 valence electrons. The number of carbonyl (C=O) groups excluding carboxylic acids is 2. The van der Waals surface area contributed by atoms with E-state index >= 15 is 0 Å². The van der Waals surface area contributed by atoms with E-state index in [4.69, 9.17) is 4.98 Å². The molecule has 2 aromatic heterocycles. The van der Waals surface area contributed by atoms with Crippen molar-refractivity contribution in [2.75, 3.05) is 6.54 Å². The molecule has 0 radical (unpaired) electrons. The summed E-state index contributed by atoms with van der Waals surface area (Å²) in [7, 11) is 0. The number of aromatic nitrogens is 2. The van der Waals surface area contributed by atoms with Crippen molar-refractivity contribution < 1.29 is 14.0 Å². The van der Waals surface area contributed by atoms with Gasteiger partial charge in [-0.3, -0.25) is 19.5 Å². The Hall–Kier alpha value is -2.72. The van der Waals surface area contributed by atoms with E-state index in [1.165, 1.54) is 28.0 Å². The van der Waals surface area contributed by atoms with Crippen LogP contribution in [-0.4, -0.2) is 33.3 Å². The van der Waals surface area contributed by atoms with Crippen LogP contribution in [0.5, 0.6) is 0 Å². The molecular formula is C23H25FN4O3S2. The summed E-state index contributed by atoms with van der Waals surface area (Å²) < 4.78 is 16.0. The number of nitrogens with zero attached hydrogens (tertiary/aromatic N) is 2. The fourth-order valence-electron chi connectivity index (χ4n) is 3.93. The lowest BCUT2D eigenvalue weighted by molar-refractivity contribution is -0.119. The number of halogens is 1. The van der Waals surface area contributed by atoms with Crippen LogP contribution >= 0.6 is 23.1 Å². The van der Waals surface area contributed by atoms with Crippen molar-refractivity contribution >= 4 is 45.3 Å². The van der Waals surface area contributed by atoms with Crippen molar-refractivity contribution in [1.29, 1.82) is 0 Å². The Morgan fingerprint density at radius 2 is 2.12 bits per heavy atom. The summed E-state index contributed by atoms with van der Waals surface area (Å²) >= 11 is 2.51. The van der Waals surface area contributed by atoms with Crippen LogP contribution in [0.15, 0.2) is 34.2 Å². The lowest BCUT2D eigenvalue weighted by Crippen LogP contribution is -2.42. The zero-order valence-corrected chi connectivity index (χ0v) is 20.2. The van der Waals surface area contributed by atoms with Gasteiger partial charge in [0.15, 0.2) is 5.16 Å². The second-order valence-corrected chi connectivity index (χ2v) is 10.5. The molecule has 2 atom stereocenters. The third kappa shape index (κ3) is 4.67. The van der Waals surface area contributed by atoms with Gasteiger partial charge in [-0.05, 0) is 56.7 Å². The molecular weight excluding hydrogens is 463 g/mol. The number of nitrogens with one attached hydrogen (secondary N) is 2. The summed E-state index contributed by atoms with van der Waals surface area (Å²) in [6, 6.07) is 5.42. The minimum absolute atomic E-state index is 0.0832. The first-order chi connectivity index (χ1) is 15.8. The molecule has 0 fully saturated rings. The van der Waals surface area contributed by atoms with E-state index in [2.05, 4.69) is 17.6 Å². The van der Waals surface area contributed by atoms with E-state index in [1.807, 2.05) is 0 Å².